The van der Waals surface area contributed by atoms with Gasteiger partial charge in [-0.15, -0.1) is 11.3 Å². The van der Waals surface area contributed by atoms with E-state index < -0.39 is 0 Å². The highest BCUT2D eigenvalue weighted by Gasteiger charge is 2.19. The van der Waals surface area contributed by atoms with Crippen LogP contribution in [0, 0.1) is 12.7 Å². The van der Waals surface area contributed by atoms with Crippen molar-refractivity contribution in [2.24, 2.45) is 0 Å². The number of aryl methyl sites for hydroxylation is 1. The highest BCUT2D eigenvalue weighted by Crippen LogP contribution is 2.30. The molecular weight excluding hydrogens is 363 g/mol. The van der Waals surface area contributed by atoms with Gasteiger partial charge < -0.3 is 5.32 Å². The van der Waals surface area contributed by atoms with E-state index in [2.05, 4.69) is 15.4 Å². The molecule has 0 aliphatic rings. The van der Waals surface area contributed by atoms with E-state index in [1.165, 1.54) is 23.5 Å². The summed E-state index contributed by atoms with van der Waals surface area (Å²) in [5.74, 6) is -0.451. The van der Waals surface area contributed by atoms with E-state index in [1.807, 2.05) is 38.1 Å². The summed E-state index contributed by atoms with van der Waals surface area (Å²) in [4.78, 5) is 18.4. The van der Waals surface area contributed by atoms with Crippen LogP contribution in [0.25, 0.3) is 15.9 Å². The number of thiophene rings is 1. The number of nitrogens with zero attached hydrogens (tertiary/aromatic N) is 3. The first-order chi connectivity index (χ1) is 13.0. The van der Waals surface area contributed by atoms with Gasteiger partial charge in [0, 0.05) is 11.6 Å². The molecule has 5 nitrogen and oxygen atoms in total. The van der Waals surface area contributed by atoms with Gasteiger partial charge in [0.2, 0.25) is 0 Å². The number of amides is 1. The fourth-order valence-corrected chi connectivity index (χ4v) is 3.98. The maximum Gasteiger partial charge on any atom is 0.261 e. The van der Waals surface area contributed by atoms with Crippen LogP contribution in [-0.4, -0.2) is 20.7 Å². The van der Waals surface area contributed by atoms with Gasteiger partial charge in [0.1, 0.15) is 10.6 Å². The van der Waals surface area contributed by atoms with Crippen LogP contribution in [0.4, 0.5) is 4.39 Å². The summed E-state index contributed by atoms with van der Waals surface area (Å²) in [5, 5.41) is 8.42. The molecule has 0 aliphatic carbocycles. The van der Waals surface area contributed by atoms with Crippen LogP contribution in [0.1, 0.15) is 34.0 Å². The summed E-state index contributed by atoms with van der Waals surface area (Å²) in [6, 6.07) is 13.4. The van der Waals surface area contributed by atoms with E-state index >= 15 is 0 Å². The molecule has 0 fully saturated rings. The van der Waals surface area contributed by atoms with Crippen LogP contribution < -0.4 is 5.32 Å². The number of carbonyl (C=O) groups is 1. The van der Waals surface area contributed by atoms with Crippen molar-refractivity contribution in [2.45, 2.75) is 19.9 Å². The van der Waals surface area contributed by atoms with Gasteiger partial charge in [0.15, 0.2) is 0 Å². The SMILES string of the molecule is Cc1nn(-c2ccc(F)cc2)c2sc(C(=O)NC(C)c3ccccn3)cc12. The third kappa shape index (κ3) is 3.33. The number of pyridine rings is 1. The molecule has 136 valence electrons. The quantitative estimate of drug-likeness (QED) is 0.570. The van der Waals surface area contributed by atoms with Gasteiger partial charge in [-0.3, -0.25) is 9.78 Å². The summed E-state index contributed by atoms with van der Waals surface area (Å²) in [5.41, 5.74) is 2.38. The molecule has 27 heavy (non-hydrogen) atoms. The molecular formula is C20H17FN4OS. The number of hydrogen-bond acceptors (Lipinski definition) is 4. The second kappa shape index (κ2) is 6.92. The minimum absolute atomic E-state index is 0.153. The van der Waals surface area contributed by atoms with E-state index in [1.54, 1.807) is 23.0 Å². The van der Waals surface area contributed by atoms with Gasteiger partial charge >= 0.3 is 0 Å². The molecule has 1 atom stereocenters. The summed E-state index contributed by atoms with van der Waals surface area (Å²) >= 11 is 1.36. The molecule has 3 aromatic heterocycles. The lowest BCUT2D eigenvalue weighted by atomic mass is 10.2. The second-order valence-corrected chi connectivity index (χ2v) is 7.28. The van der Waals surface area contributed by atoms with E-state index in [-0.39, 0.29) is 17.8 Å². The van der Waals surface area contributed by atoms with Crippen molar-refractivity contribution in [3.63, 3.8) is 0 Å². The van der Waals surface area contributed by atoms with Gasteiger partial charge in [-0.2, -0.15) is 5.10 Å². The fourth-order valence-electron chi connectivity index (χ4n) is 2.89. The lowest BCUT2D eigenvalue weighted by Gasteiger charge is -2.12. The zero-order valence-corrected chi connectivity index (χ0v) is 15.6. The molecule has 0 bridgehead atoms. The lowest BCUT2D eigenvalue weighted by molar-refractivity contribution is 0.0943. The van der Waals surface area contributed by atoms with Crippen molar-refractivity contribution in [2.75, 3.05) is 0 Å². The molecule has 1 unspecified atom stereocenters. The van der Waals surface area contributed by atoms with Crippen LogP contribution in [0.15, 0.2) is 54.7 Å². The maximum atomic E-state index is 13.2. The smallest absolute Gasteiger partial charge is 0.261 e. The Hall–Kier alpha value is -3.06. The van der Waals surface area contributed by atoms with Crippen LogP contribution in [0.5, 0.6) is 0 Å². The first kappa shape index (κ1) is 17.4. The highest BCUT2D eigenvalue weighted by molar-refractivity contribution is 7.20. The standard InChI is InChI=1S/C20H17FN4OS/c1-12-16-11-18(19(26)23-13(2)17-5-3-4-10-22-17)27-20(16)25(24-12)15-8-6-14(21)7-9-15/h3-11,13H,1-2H3,(H,23,26). The molecule has 1 N–H and O–H groups in total. The Morgan fingerprint density at radius 3 is 2.70 bits per heavy atom. The predicted molar refractivity (Wildman–Crippen MR) is 104 cm³/mol. The number of nitrogens with one attached hydrogen (secondary N) is 1. The number of rotatable bonds is 4. The third-order valence-corrected chi connectivity index (χ3v) is 5.43. The summed E-state index contributed by atoms with van der Waals surface area (Å²) < 4.78 is 15.0. The van der Waals surface area contributed by atoms with Crippen LogP contribution in [0.2, 0.25) is 0 Å². The number of carbonyl (C=O) groups excluding carboxylic acids is 1. The molecule has 0 saturated carbocycles. The average Bonchev–Trinajstić information content (AvgIpc) is 3.24. The number of fused-ring (bicyclic) bond motifs is 1. The maximum absolute atomic E-state index is 13.2. The largest absolute Gasteiger partial charge is 0.343 e. The van der Waals surface area contributed by atoms with Gasteiger partial charge in [-0.1, -0.05) is 6.07 Å². The van der Waals surface area contributed by atoms with Gasteiger partial charge in [-0.05, 0) is 56.3 Å². The van der Waals surface area contributed by atoms with Crippen LogP contribution in [-0.2, 0) is 0 Å². The minimum Gasteiger partial charge on any atom is -0.343 e. The zero-order chi connectivity index (χ0) is 19.0. The molecule has 0 aliphatic heterocycles. The number of aromatic nitrogens is 3. The Morgan fingerprint density at radius 1 is 1.22 bits per heavy atom. The molecule has 4 rings (SSSR count). The number of hydrogen-bond donors (Lipinski definition) is 1. The predicted octanol–water partition coefficient (Wildman–Crippen LogP) is 4.42. The van der Waals surface area contributed by atoms with E-state index in [4.69, 9.17) is 0 Å². The molecule has 4 aromatic rings. The monoisotopic (exact) mass is 380 g/mol. The number of halogens is 1. The lowest BCUT2D eigenvalue weighted by Crippen LogP contribution is -2.26. The Kier molecular flexibility index (Phi) is 4.45. The summed E-state index contributed by atoms with van der Waals surface area (Å²) in [7, 11) is 0. The Bertz CT molecular complexity index is 1100. The topological polar surface area (TPSA) is 59.8 Å². The van der Waals surface area contributed by atoms with Crippen LogP contribution in [0.3, 0.4) is 0 Å². The first-order valence-corrected chi connectivity index (χ1v) is 9.31. The van der Waals surface area contributed by atoms with Crippen molar-refractivity contribution >= 4 is 27.5 Å². The van der Waals surface area contributed by atoms with Gasteiger partial charge in [-0.25, -0.2) is 9.07 Å². The molecule has 0 spiro atoms. The van der Waals surface area contributed by atoms with E-state index in [9.17, 15) is 9.18 Å². The molecule has 1 aromatic carbocycles. The molecule has 7 heteroatoms. The van der Waals surface area contributed by atoms with Crippen molar-refractivity contribution < 1.29 is 9.18 Å². The molecule has 3 heterocycles. The number of benzene rings is 1. The fraction of sp³-hybridized carbons (Fsp3) is 0.150. The van der Waals surface area contributed by atoms with Crippen molar-refractivity contribution in [1.29, 1.82) is 0 Å². The highest BCUT2D eigenvalue weighted by atomic mass is 32.1. The first-order valence-electron chi connectivity index (χ1n) is 8.50. The van der Waals surface area contributed by atoms with Gasteiger partial charge in [0.25, 0.3) is 5.91 Å². The normalized spacial score (nSPS) is 12.3. The average molecular weight is 380 g/mol. The van der Waals surface area contributed by atoms with Crippen molar-refractivity contribution in [3.8, 4) is 5.69 Å². The molecule has 1 amide bonds. The third-order valence-electron chi connectivity index (χ3n) is 4.32. The van der Waals surface area contributed by atoms with Crippen molar-refractivity contribution in [3.05, 3.63) is 76.8 Å². The summed E-state index contributed by atoms with van der Waals surface area (Å²) in [6.45, 7) is 3.80. The molecule has 0 saturated heterocycles. The molecule has 0 radical (unpaired) electrons. The summed E-state index contributed by atoms with van der Waals surface area (Å²) in [6.07, 6.45) is 1.71. The van der Waals surface area contributed by atoms with E-state index in [0.717, 1.165) is 27.3 Å². The Labute approximate surface area is 159 Å². The Morgan fingerprint density at radius 2 is 2.00 bits per heavy atom. The Balaban J connectivity index is 1.64. The minimum atomic E-state index is -0.298. The second-order valence-electron chi connectivity index (χ2n) is 6.25. The van der Waals surface area contributed by atoms with E-state index in [0.29, 0.717) is 4.88 Å². The zero-order valence-electron chi connectivity index (χ0n) is 14.8. The van der Waals surface area contributed by atoms with Gasteiger partial charge in [0.05, 0.1) is 28.0 Å². The van der Waals surface area contributed by atoms with Crippen molar-refractivity contribution in [1.82, 2.24) is 20.1 Å². The van der Waals surface area contributed by atoms with Crippen LogP contribution >= 0.6 is 11.3 Å².